The molecule has 2 bridgehead atoms. The second kappa shape index (κ2) is 6.27. The number of benzene rings is 1. The summed E-state index contributed by atoms with van der Waals surface area (Å²) in [5, 5.41) is 0. The first kappa shape index (κ1) is 16.1. The molecule has 2 atom stereocenters. The van der Waals surface area contributed by atoms with Crippen molar-refractivity contribution in [1.82, 2.24) is 14.9 Å². The Hall–Kier alpha value is -2.08. The van der Waals surface area contributed by atoms with Gasteiger partial charge in [0.2, 0.25) is 5.95 Å². The van der Waals surface area contributed by atoms with Gasteiger partial charge in [0.25, 0.3) is 0 Å². The fraction of sp³-hybridized carbons (Fsp3) is 0.500. The Morgan fingerprint density at radius 2 is 1.81 bits per heavy atom. The van der Waals surface area contributed by atoms with Gasteiger partial charge in [-0.2, -0.15) is 0 Å². The number of aromatic nitrogens is 2. The summed E-state index contributed by atoms with van der Waals surface area (Å²) in [7, 11) is 0. The van der Waals surface area contributed by atoms with Crippen LogP contribution in [-0.2, 0) is 13.0 Å². The SMILES string of the molecule is Fc1cc(F)cc(CN2C3CCC2c2cnc(N4CCCC4)nc2C3)c1. The molecular formula is C20H22F2N4. The summed E-state index contributed by atoms with van der Waals surface area (Å²) in [4.78, 5) is 14.1. The second-order valence-electron chi connectivity index (χ2n) is 7.67. The van der Waals surface area contributed by atoms with Gasteiger partial charge in [0, 0.05) is 56.0 Å². The van der Waals surface area contributed by atoms with Gasteiger partial charge in [-0.15, -0.1) is 0 Å². The first-order chi connectivity index (χ1) is 12.7. The average molecular weight is 356 g/mol. The number of anilines is 1. The summed E-state index contributed by atoms with van der Waals surface area (Å²) >= 11 is 0. The summed E-state index contributed by atoms with van der Waals surface area (Å²) in [5.41, 5.74) is 3.05. The van der Waals surface area contributed by atoms with Crippen LogP contribution in [0.1, 0.15) is 48.5 Å². The highest BCUT2D eigenvalue weighted by Gasteiger charge is 2.41. The molecule has 3 aliphatic heterocycles. The molecule has 0 amide bonds. The van der Waals surface area contributed by atoms with E-state index in [2.05, 4.69) is 14.8 Å². The zero-order chi connectivity index (χ0) is 17.7. The predicted molar refractivity (Wildman–Crippen MR) is 94.8 cm³/mol. The fourth-order valence-corrected chi connectivity index (χ4v) is 4.79. The molecule has 2 saturated heterocycles. The van der Waals surface area contributed by atoms with Gasteiger partial charge in [-0.05, 0) is 43.4 Å². The normalized spacial score (nSPS) is 24.9. The molecule has 3 aliphatic rings. The van der Waals surface area contributed by atoms with E-state index in [4.69, 9.17) is 4.98 Å². The summed E-state index contributed by atoms with van der Waals surface area (Å²) < 4.78 is 27.1. The smallest absolute Gasteiger partial charge is 0.225 e. The zero-order valence-electron chi connectivity index (χ0n) is 14.7. The monoisotopic (exact) mass is 356 g/mol. The minimum absolute atomic E-state index is 0.253. The van der Waals surface area contributed by atoms with Crippen LogP contribution < -0.4 is 4.90 Å². The van der Waals surface area contributed by atoms with Crippen LogP contribution in [0.15, 0.2) is 24.4 Å². The van der Waals surface area contributed by atoms with Gasteiger partial charge in [0.05, 0.1) is 5.69 Å². The van der Waals surface area contributed by atoms with E-state index in [-0.39, 0.29) is 6.04 Å². The third-order valence-corrected chi connectivity index (χ3v) is 5.99. The van der Waals surface area contributed by atoms with Crippen molar-refractivity contribution in [2.24, 2.45) is 0 Å². The lowest BCUT2D eigenvalue weighted by Crippen LogP contribution is -2.38. The van der Waals surface area contributed by atoms with Crippen molar-refractivity contribution in [2.75, 3.05) is 18.0 Å². The molecule has 1 aromatic heterocycles. The van der Waals surface area contributed by atoms with Gasteiger partial charge in [-0.25, -0.2) is 18.7 Å². The van der Waals surface area contributed by atoms with Gasteiger partial charge in [-0.3, -0.25) is 4.90 Å². The molecule has 6 heteroatoms. The van der Waals surface area contributed by atoms with Gasteiger partial charge >= 0.3 is 0 Å². The maximum Gasteiger partial charge on any atom is 0.225 e. The van der Waals surface area contributed by atoms with Crippen LogP contribution in [0.5, 0.6) is 0 Å². The van der Waals surface area contributed by atoms with Crippen LogP contribution in [0.2, 0.25) is 0 Å². The van der Waals surface area contributed by atoms with E-state index >= 15 is 0 Å². The third-order valence-electron chi connectivity index (χ3n) is 5.99. The van der Waals surface area contributed by atoms with Gasteiger partial charge in [0.1, 0.15) is 11.6 Å². The van der Waals surface area contributed by atoms with Crippen molar-refractivity contribution in [3.63, 3.8) is 0 Å². The van der Waals surface area contributed by atoms with Crippen molar-refractivity contribution in [3.8, 4) is 0 Å². The summed E-state index contributed by atoms with van der Waals surface area (Å²) in [5.74, 6) is -0.159. The van der Waals surface area contributed by atoms with Gasteiger partial charge in [0.15, 0.2) is 0 Å². The lowest BCUT2D eigenvalue weighted by atomic mass is 9.98. The molecule has 5 rings (SSSR count). The van der Waals surface area contributed by atoms with Crippen LogP contribution in [0.25, 0.3) is 0 Å². The number of hydrogen-bond acceptors (Lipinski definition) is 4. The largest absolute Gasteiger partial charge is 0.341 e. The molecule has 0 aliphatic carbocycles. The Bertz CT molecular complexity index is 814. The Labute approximate surface area is 151 Å². The highest BCUT2D eigenvalue weighted by Crippen LogP contribution is 2.44. The first-order valence-corrected chi connectivity index (χ1v) is 9.49. The topological polar surface area (TPSA) is 32.3 Å². The van der Waals surface area contributed by atoms with E-state index in [1.54, 1.807) is 0 Å². The van der Waals surface area contributed by atoms with Crippen LogP contribution in [0.3, 0.4) is 0 Å². The van der Waals surface area contributed by atoms with Crippen molar-refractivity contribution < 1.29 is 8.78 Å². The summed E-state index contributed by atoms with van der Waals surface area (Å²) in [6.07, 6.45) is 7.46. The maximum atomic E-state index is 13.5. The minimum Gasteiger partial charge on any atom is -0.341 e. The number of nitrogens with zero attached hydrogens (tertiary/aromatic N) is 4. The van der Waals surface area contributed by atoms with Crippen molar-refractivity contribution in [3.05, 3.63) is 52.9 Å². The zero-order valence-corrected chi connectivity index (χ0v) is 14.7. The molecule has 4 nitrogen and oxygen atoms in total. The maximum absolute atomic E-state index is 13.5. The molecule has 0 spiro atoms. The summed E-state index contributed by atoms with van der Waals surface area (Å²) in [6, 6.07) is 4.44. The molecule has 4 heterocycles. The van der Waals surface area contributed by atoms with Crippen LogP contribution in [0.4, 0.5) is 14.7 Å². The highest BCUT2D eigenvalue weighted by atomic mass is 19.1. The standard InChI is InChI=1S/C20H22F2N4/c21-14-7-13(8-15(22)9-14)12-26-16-3-4-19(26)17-11-23-20(24-18(17)10-16)25-5-1-2-6-25/h7-9,11,16,19H,1-6,10,12H2. The molecule has 0 radical (unpaired) electrons. The third kappa shape index (κ3) is 2.76. The van der Waals surface area contributed by atoms with E-state index in [1.807, 2.05) is 6.20 Å². The van der Waals surface area contributed by atoms with Crippen LogP contribution in [0, 0.1) is 11.6 Å². The quantitative estimate of drug-likeness (QED) is 0.841. The molecule has 136 valence electrons. The Morgan fingerprint density at radius 1 is 1.04 bits per heavy atom. The molecular weight excluding hydrogens is 334 g/mol. The van der Waals surface area contributed by atoms with E-state index in [9.17, 15) is 8.78 Å². The van der Waals surface area contributed by atoms with E-state index in [1.165, 1.54) is 30.5 Å². The number of hydrogen-bond donors (Lipinski definition) is 0. The molecule has 2 unspecified atom stereocenters. The molecule has 1 aromatic carbocycles. The number of fused-ring (bicyclic) bond motifs is 4. The predicted octanol–water partition coefficient (Wildman–Crippen LogP) is 3.62. The fourth-order valence-electron chi connectivity index (χ4n) is 4.79. The van der Waals surface area contributed by atoms with Gasteiger partial charge in [-0.1, -0.05) is 0 Å². The second-order valence-corrected chi connectivity index (χ2v) is 7.67. The van der Waals surface area contributed by atoms with Crippen LogP contribution in [-0.4, -0.2) is 34.0 Å². The molecule has 0 saturated carbocycles. The molecule has 26 heavy (non-hydrogen) atoms. The number of halogens is 2. The molecule has 2 fully saturated rings. The lowest BCUT2D eigenvalue weighted by molar-refractivity contribution is 0.166. The van der Waals surface area contributed by atoms with E-state index in [0.717, 1.165) is 50.1 Å². The molecule has 2 aromatic rings. The van der Waals surface area contributed by atoms with Gasteiger partial charge < -0.3 is 4.90 Å². The van der Waals surface area contributed by atoms with E-state index < -0.39 is 11.6 Å². The van der Waals surface area contributed by atoms with Crippen molar-refractivity contribution in [1.29, 1.82) is 0 Å². The Kier molecular flexibility index (Phi) is 3.89. The lowest BCUT2D eigenvalue weighted by Gasteiger charge is -2.36. The van der Waals surface area contributed by atoms with Crippen molar-refractivity contribution in [2.45, 2.75) is 50.7 Å². The number of rotatable bonds is 3. The Balaban J connectivity index is 1.42. The average Bonchev–Trinajstić information content (AvgIpc) is 3.22. The summed E-state index contributed by atoms with van der Waals surface area (Å²) in [6.45, 7) is 2.66. The van der Waals surface area contributed by atoms with E-state index in [0.29, 0.717) is 18.2 Å². The first-order valence-electron chi connectivity index (χ1n) is 9.49. The molecule has 0 N–H and O–H groups in total. The van der Waals surface area contributed by atoms with Crippen LogP contribution >= 0.6 is 0 Å². The Morgan fingerprint density at radius 3 is 2.58 bits per heavy atom. The van der Waals surface area contributed by atoms with Crippen molar-refractivity contribution >= 4 is 5.95 Å². The minimum atomic E-state index is -0.511. The highest BCUT2D eigenvalue weighted by molar-refractivity contribution is 5.38.